The summed E-state index contributed by atoms with van der Waals surface area (Å²) in [6, 6.07) is 13.9. The molecule has 8 heteroatoms. The number of piperazine rings is 1. The van der Waals surface area contributed by atoms with Crippen molar-refractivity contribution in [3.63, 3.8) is 0 Å². The first-order valence-corrected chi connectivity index (χ1v) is 11.4. The van der Waals surface area contributed by atoms with E-state index in [9.17, 15) is 8.42 Å². The van der Waals surface area contributed by atoms with Gasteiger partial charge in [0.05, 0.1) is 24.6 Å². The lowest BCUT2D eigenvalue weighted by molar-refractivity contribution is 0.147. The number of ether oxygens (including phenoxy) is 2. The maximum absolute atomic E-state index is 13.6. The van der Waals surface area contributed by atoms with E-state index in [1.54, 1.807) is 44.6 Å². The lowest BCUT2D eigenvalue weighted by Crippen LogP contribution is -2.44. The van der Waals surface area contributed by atoms with Crippen LogP contribution in [0.4, 0.5) is 0 Å². The molecule has 0 radical (unpaired) electrons. The Hall–Kier alpha value is -2.55. The molecule has 0 N–H and O–H groups in total. The predicted octanol–water partition coefficient (Wildman–Crippen LogP) is 2.64. The molecule has 1 saturated heterocycles. The second-order valence-electron chi connectivity index (χ2n) is 7.58. The Morgan fingerprint density at radius 2 is 1.50 bits per heavy atom. The van der Waals surface area contributed by atoms with Crippen LogP contribution in [0.15, 0.2) is 53.4 Å². The Morgan fingerprint density at radius 3 is 2.13 bits per heavy atom. The molecule has 1 aliphatic rings. The molecule has 0 unspecified atom stereocenters. The molecule has 0 spiro atoms. The van der Waals surface area contributed by atoms with Crippen LogP contribution in [0.5, 0.6) is 11.5 Å². The molecular weight excluding hydrogens is 402 g/mol. The van der Waals surface area contributed by atoms with Gasteiger partial charge in [-0.25, -0.2) is 12.4 Å². The highest BCUT2D eigenvalue weighted by Gasteiger charge is 2.25. The summed E-state index contributed by atoms with van der Waals surface area (Å²) < 4.78 is 39.3. The number of methoxy groups -OCH3 is 2. The van der Waals surface area contributed by atoms with Gasteiger partial charge < -0.3 is 14.4 Å². The Bertz CT molecular complexity index is 1130. The molecule has 0 bridgehead atoms. The van der Waals surface area contributed by atoms with E-state index in [4.69, 9.17) is 9.47 Å². The topological polar surface area (TPSA) is 64.0 Å². The van der Waals surface area contributed by atoms with Crippen molar-refractivity contribution >= 4 is 20.9 Å². The molecular formula is C22H27N3O4S. The molecule has 0 saturated carbocycles. The molecule has 1 aromatic heterocycles. The van der Waals surface area contributed by atoms with Gasteiger partial charge in [-0.2, -0.15) is 0 Å². The minimum absolute atomic E-state index is 0.233. The quantitative estimate of drug-likeness (QED) is 0.600. The third kappa shape index (κ3) is 3.90. The van der Waals surface area contributed by atoms with Gasteiger partial charge in [0.2, 0.25) is 0 Å². The summed E-state index contributed by atoms with van der Waals surface area (Å²) in [6.07, 6.45) is 0. The Kier molecular flexibility index (Phi) is 5.73. The van der Waals surface area contributed by atoms with Crippen molar-refractivity contribution in [3.8, 4) is 11.5 Å². The Balaban J connectivity index is 1.80. The number of fused-ring (bicyclic) bond motifs is 1. The average molecular weight is 430 g/mol. The summed E-state index contributed by atoms with van der Waals surface area (Å²) in [4.78, 5) is 4.81. The van der Waals surface area contributed by atoms with Crippen molar-refractivity contribution in [2.75, 3.05) is 47.4 Å². The van der Waals surface area contributed by atoms with Crippen LogP contribution in [0.1, 0.15) is 5.69 Å². The summed E-state index contributed by atoms with van der Waals surface area (Å²) >= 11 is 0. The maximum Gasteiger partial charge on any atom is 0.268 e. The minimum atomic E-state index is -3.78. The van der Waals surface area contributed by atoms with Crippen molar-refractivity contribution in [1.82, 2.24) is 13.8 Å². The third-order valence-corrected chi connectivity index (χ3v) is 7.40. The van der Waals surface area contributed by atoms with E-state index < -0.39 is 10.0 Å². The molecule has 2 heterocycles. The predicted molar refractivity (Wildman–Crippen MR) is 117 cm³/mol. The molecule has 3 aromatic rings. The number of nitrogens with zero attached hydrogens (tertiary/aromatic N) is 3. The van der Waals surface area contributed by atoms with Gasteiger partial charge in [-0.1, -0.05) is 0 Å². The molecule has 30 heavy (non-hydrogen) atoms. The lowest BCUT2D eigenvalue weighted by Gasteiger charge is -2.32. The molecule has 0 atom stereocenters. The molecule has 0 aliphatic carbocycles. The summed E-state index contributed by atoms with van der Waals surface area (Å²) in [5.74, 6) is 1.32. The van der Waals surface area contributed by atoms with E-state index in [1.165, 1.54) is 3.97 Å². The zero-order valence-electron chi connectivity index (χ0n) is 17.5. The van der Waals surface area contributed by atoms with E-state index in [0.717, 1.165) is 37.3 Å². The first kappa shape index (κ1) is 20.7. The first-order valence-electron chi connectivity index (χ1n) is 9.91. The summed E-state index contributed by atoms with van der Waals surface area (Å²) in [5.41, 5.74) is 1.40. The van der Waals surface area contributed by atoms with Gasteiger partial charge in [0, 0.05) is 43.8 Å². The van der Waals surface area contributed by atoms with Crippen molar-refractivity contribution in [3.05, 3.63) is 54.2 Å². The number of aromatic nitrogens is 1. The van der Waals surface area contributed by atoms with Gasteiger partial charge in [-0.05, 0) is 55.6 Å². The Morgan fingerprint density at radius 1 is 0.867 bits per heavy atom. The first-order chi connectivity index (χ1) is 14.4. The summed E-state index contributed by atoms with van der Waals surface area (Å²) in [5, 5.41) is 0.843. The van der Waals surface area contributed by atoms with E-state index in [-0.39, 0.29) is 4.90 Å². The minimum Gasteiger partial charge on any atom is -0.497 e. The zero-order chi connectivity index (χ0) is 21.3. The van der Waals surface area contributed by atoms with Crippen LogP contribution in [0.2, 0.25) is 0 Å². The summed E-state index contributed by atoms with van der Waals surface area (Å²) in [6.45, 7) is 4.33. The van der Waals surface area contributed by atoms with Crippen LogP contribution in [0, 0.1) is 0 Å². The fourth-order valence-electron chi connectivity index (χ4n) is 3.83. The zero-order valence-corrected chi connectivity index (χ0v) is 18.4. The van der Waals surface area contributed by atoms with Crippen LogP contribution in [-0.4, -0.2) is 69.6 Å². The molecule has 160 valence electrons. The van der Waals surface area contributed by atoms with E-state index in [1.807, 2.05) is 18.2 Å². The second-order valence-corrected chi connectivity index (χ2v) is 9.37. The van der Waals surface area contributed by atoms with Gasteiger partial charge in [0.25, 0.3) is 10.0 Å². The van der Waals surface area contributed by atoms with Crippen molar-refractivity contribution in [1.29, 1.82) is 0 Å². The Labute approximate surface area is 177 Å². The fourth-order valence-corrected chi connectivity index (χ4v) is 5.37. The van der Waals surface area contributed by atoms with Gasteiger partial charge in [-0.15, -0.1) is 0 Å². The molecule has 1 fully saturated rings. The number of likely N-dealkylation sites (N-methyl/N-ethyl adjacent to an activating group) is 1. The van der Waals surface area contributed by atoms with Gasteiger partial charge in [-0.3, -0.25) is 4.90 Å². The number of benzene rings is 2. The third-order valence-electron chi connectivity index (χ3n) is 5.62. The SMILES string of the molecule is COc1ccc(S(=O)(=O)n2c(CN3CCN(C)CC3)cc3cc(OC)ccc32)cc1. The highest BCUT2D eigenvalue weighted by Crippen LogP contribution is 2.30. The largest absolute Gasteiger partial charge is 0.497 e. The normalized spacial score (nSPS) is 16.1. The van der Waals surface area contributed by atoms with Gasteiger partial charge in [0.1, 0.15) is 11.5 Å². The smallest absolute Gasteiger partial charge is 0.268 e. The van der Waals surface area contributed by atoms with Gasteiger partial charge >= 0.3 is 0 Å². The van der Waals surface area contributed by atoms with Crippen LogP contribution in [0.3, 0.4) is 0 Å². The molecule has 4 rings (SSSR count). The monoisotopic (exact) mass is 429 g/mol. The van der Waals surface area contributed by atoms with Crippen LogP contribution in [-0.2, 0) is 16.6 Å². The number of hydrogen-bond acceptors (Lipinski definition) is 6. The van der Waals surface area contributed by atoms with Crippen molar-refractivity contribution < 1.29 is 17.9 Å². The highest BCUT2D eigenvalue weighted by atomic mass is 32.2. The van der Waals surface area contributed by atoms with Crippen LogP contribution in [0.25, 0.3) is 10.9 Å². The highest BCUT2D eigenvalue weighted by molar-refractivity contribution is 7.90. The van der Waals surface area contributed by atoms with Crippen molar-refractivity contribution in [2.24, 2.45) is 0 Å². The lowest BCUT2D eigenvalue weighted by atomic mass is 10.2. The molecule has 7 nitrogen and oxygen atoms in total. The average Bonchev–Trinajstić information content (AvgIpc) is 3.13. The van der Waals surface area contributed by atoms with E-state index >= 15 is 0 Å². The van der Waals surface area contributed by atoms with E-state index in [2.05, 4.69) is 16.8 Å². The number of hydrogen-bond donors (Lipinski definition) is 0. The standard InChI is InChI=1S/C22H27N3O4S/c1-23-10-12-24(13-11-23)16-18-14-17-15-20(29-3)6-9-22(17)25(18)30(26,27)21-7-4-19(28-2)5-8-21/h4-9,14-15H,10-13,16H2,1-3H3. The number of rotatable bonds is 6. The summed E-state index contributed by atoms with van der Waals surface area (Å²) in [7, 11) is 1.50. The van der Waals surface area contributed by atoms with Crippen LogP contribution < -0.4 is 9.47 Å². The fraction of sp³-hybridized carbons (Fsp3) is 0.364. The molecule has 2 aromatic carbocycles. The second kappa shape index (κ2) is 8.29. The molecule has 0 amide bonds. The van der Waals surface area contributed by atoms with Crippen LogP contribution >= 0.6 is 0 Å². The maximum atomic E-state index is 13.6. The van der Waals surface area contributed by atoms with Gasteiger partial charge in [0.15, 0.2) is 0 Å². The van der Waals surface area contributed by atoms with E-state index in [0.29, 0.717) is 23.6 Å². The van der Waals surface area contributed by atoms with Crippen molar-refractivity contribution in [2.45, 2.75) is 11.4 Å². The molecule has 1 aliphatic heterocycles.